The zero-order chi connectivity index (χ0) is 53.6. The number of nitrogens with zero attached hydrogens (tertiary/aromatic N) is 4. The monoisotopic (exact) mass is 1060 g/mol. The molecule has 3 heterocycles. The Morgan fingerprint density at radius 1 is 0.200 bits per heavy atom. The summed E-state index contributed by atoms with van der Waals surface area (Å²) in [7, 11) is -6.08. The number of hydrogen-bond acceptors (Lipinski definition) is 4. The van der Waals surface area contributed by atoms with Gasteiger partial charge in [0.15, 0.2) is 0 Å². The summed E-state index contributed by atoms with van der Waals surface area (Å²) in [5, 5.41) is 5.45. The number of anilines is 8. The molecule has 12 aromatic rings. The average Bonchev–Trinajstić information content (AvgIpc) is 3.94. The largest absolute Gasteiger partial charge is 0.343 e. The Morgan fingerprint density at radius 2 is 0.438 bits per heavy atom. The molecule has 0 fully saturated rings. The highest BCUT2D eigenvalue weighted by Gasteiger charge is 2.59. The third-order valence-corrected chi connectivity index (χ3v) is 25.6. The Labute approximate surface area is 472 Å². The Balaban J connectivity index is 0.000000144. The van der Waals surface area contributed by atoms with Crippen molar-refractivity contribution in [1.29, 1.82) is 0 Å². The van der Waals surface area contributed by atoms with E-state index in [1.807, 2.05) is 0 Å². The van der Waals surface area contributed by atoms with E-state index in [1.54, 1.807) is 0 Å². The average molecular weight is 1060 g/mol. The predicted octanol–water partition coefficient (Wildman–Crippen LogP) is 16.4. The van der Waals surface area contributed by atoms with Crippen molar-refractivity contribution in [3.05, 3.63) is 327 Å². The van der Waals surface area contributed by atoms with Gasteiger partial charge in [0, 0.05) is 67.8 Å². The van der Waals surface area contributed by atoms with E-state index < -0.39 is 16.8 Å². The van der Waals surface area contributed by atoms with Gasteiger partial charge in [-0.15, -0.1) is 0 Å². The van der Waals surface area contributed by atoms with Crippen molar-refractivity contribution >= 4 is 83.0 Å². The zero-order valence-corrected chi connectivity index (χ0v) is 46.8. The summed E-state index contributed by atoms with van der Waals surface area (Å²) in [5.74, 6) is 0. The molecule has 1 spiro atoms. The third kappa shape index (κ3) is 7.70. The first-order chi connectivity index (χ1) is 39.6. The minimum absolute atomic E-state index is 1.18. The molecule has 3 aliphatic rings. The fraction of sp³-hybridized carbons (Fsp3) is 0.0270. The van der Waals surface area contributed by atoms with Crippen molar-refractivity contribution in [2.24, 2.45) is 0 Å². The van der Waals surface area contributed by atoms with Crippen LogP contribution >= 0.6 is 0 Å². The van der Waals surface area contributed by atoms with Crippen molar-refractivity contribution in [2.75, 3.05) is 18.3 Å². The van der Waals surface area contributed by atoms with Gasteiger partial charge in [-0.1, -0.05) is 254 Å². The van der Waals surface area contributed by atoms with Crippen molar-refractivity contribution < 1.29 is 0 Å². The van der Waals surface area contributed by atoms with Gasteiger partial charge in [0.05, 0.1) is 0 Å². The van der Waals surface area contributed by atoms with Gasteiger partial charge < -0.3 is 18.3 Å². The molecule has 15 rings (SSSR count). The third-order valence-electron chi connectivity index (χ3n) is 16.3. The minimum Gasteiger partial charge on any atom is -0.343 e. The summed E-state index contributed by atoms with van der Waals surface area (Å²) in [4.78, 5) is 0. The first-order valence-electron chi connectivity index (χ1n) is 27.7. The van der Waals surface area contributed by atoms with Crippen LogP contribution in [0.25, 0.3) is 33.4 Å². The van der Waals surface area contributed by atoms with E-state index in [1.165, 1.54) is 111 Å². The first kappa shape index (κ1) is 48.6. The van der Waals surface area contributed by atoms with Crippen molar-refractivity contribution in [1.82, 2.24) is 0 Å². The predicted molar refractivity (Wildman–Crippen MR) is 342 cm³/mol. The maximum Gasteiger partial charge on any atom is 0.341 e. The van der Waals surface area contributed by atoms with Crippen LogP contribution in [0.5, 0.6) is 0 Å². The van der Waals surface area contributed by atoms with Gasteiger partial charge in [0.1, 0.15) is 0 Å². The minimum atomic E-state index is -3.06. The van der Waals surface area contributed by atoms with Crippen LogP contribution in [0.4, 0.5) is 45.5 Å². The molecule has 382 valence electrons. The topological polar surface area (TPSA) is 13.0 Å². The lowest BCUT2D eigenvalue weighted by Crippen LogP contribution is -2.78. The maximum absolute atomic E-state index is 3.06. The second kappa shape index (κ2) is 20.3. The van der Waals surface area contributed by atoms with Crippen LogP contribution in [0.2, 0.25) is 0 Å². The van der Waals surface area contributed by atoms with Crippen LogP contribution in [0, 0.1) is 13.8 Å². The van der Waals surface area contributed by atoms with Gasteiger partial charge >= 0.3 is 16.8 Å². The van der Waals surface area contributed by atoms with Crippen LogP contribution in [-0.4, -0.2) is 16.8 Å². The van der Waals surface area contributed by atoms with E-state index in [0.717, 1.165) is 0 Å². The molecule has 0 bridgehead atoms. The summed E-state index contributed by atoms with van der Waals surface area (Å²) in [5.41, 5.74) is 19.9. The standard InChI is InChI=1S/C38H30N2Si.C36H28N2Si/c1-27-19-23-29(24-20-27)39-35-15-7-3-11-31(35)32-12-4-8-16-36(32)40(30-25-21-28(2)22-26-30)41(39)37-17-9-5-13-33(37)34-14-6-10-18-38(34)41;1-5-17-29(18-6-1)37-35-27-15-13-25-33(35)34-26-14-16-28-36(34)38(30-19-7-2-8-20-30)39(37,31-21-9-3-10-22-31)32-23-11-4-12-24-32/h3-26H,1-2H3;1-28H. The molecule has 0 N–H and O–H groups in total. The van der Waals surface area contributed by atoms with E-state index in [0.29, 0.717) is 0 Å². The maximum atomic E-state index is 2.73. The van der Waals surface area contributed by atoms with E-state index in [9.17, 15) is 0 Å². The molecule has 0 saturated carbocycles. The quantitative estimate of drug-likeness (QED) is 0.154. The number of para-hydroxylation sites is 6. The second-order valence-electron chi connectivity index (χ2n) is 20.9. The summed E-state index contributed by atoms with van der Waals surface area (Å²) in [6.45, 7) is 4.34. The van der Waals surface area contributed by atoms with Crippen molar-refractivity contribution in [3.63, 3.8) is 0 Å². The Hall–Kier alpha value is -9.73. The van der Waals surface area contributed by atoms with Gasteiger partial charge in [-0.2, -0.15) is 0 Å². The number of benzene rings is 12. The molecular formula is C74H58N4Si2. The molecule has 3 aliphatic heterocycles. The Kier molecular flexibility index (Phi) is 12.3. The lowest BCUT2D eigenvalue weighted by Gasteiger charge is -2.50. The van der Waals surface area contributed by atoms with Gasteiger partial charge in [-0.3, -0.25) is 0 Å². The molecule has 0 saturated heterocycles. The van der Waals surface area contributed by atoms with Crippen LogP contribution in [0.15, 0.2) is 315 Å². The molecule has 0 aromatic heterocycles. The molecule has 0 aliphatic carbocycles. The SMILES string of the molecule is Cc1ccc(N2c3ccccc3-c3ccccc3N(c3ccc(C)cc3)[Si]23c2ccccc2-c2ccccc23)cc1.c1ccc(N2c3ccccc3-c3ccccc3N(c3ccccc3)[Si]2(c2ccccc2)c2ccccc2)cc1. The van der Waals surface area contributed by atoms with Crippen LogP contribution in [-0.2, 0) is 0 Å². The Morgan fingerprint density at radius 3 is 0.762 bits per heavy atom. The van der Waals surface area contributed by atoms with E-state index in [-0.39, 0.29) is 0 Å². The van der Waals surface area contributed by atoms with Gasteiger partial charge in [0.25, 0.3) is 0 Å². The normalized spacial score (nSPS) is 14.0. The molecule has 6 heteroatoms. The van der Waals surface area contributed by atoms with Crippen LogP contribution < -0.4 is 39.0 Å². The van der Waals surface area contributed by atoms with Crippen molar-refractivity contribution in [3.8, 4) is 33.4 Å². The van der Waals surface area contributed by atoms with Gasteiger partial charge in [-0.05, 0) is 119 Å². The molecular weight excluding hydrogens is 1000 g/mol. The van der Waals surface area contributed by atoms with Crippen LogP contribution in [0.3, 0.4) is 0 Å². The number of hydrogen-bond donors (Lipinski definition) is 0. The fourth-order valence-corrected chi connectivity index (χ4v) is 23.5. The van der Waals surface area contributed by atoms with E-state index in [2.05, 4.69) is 348 Å². The molecule has 12 aromatic carbocycles. The highest BCUT2D eigenvalue weighted by atomic mass is 28.4. The first-order valence-corrected chi connectivity index (χ1v) is 31.5. The zero-order valence-electron chi connectivity index (χ0n) is 44.8. The summed E-state index contributed by atoms with van der Waals surface area (Å²) >= 11 is 0. The molecule has 80 heavy (non-hydrogen) atoms. The highest BCUT2D eigenvalue weighted by molar-refractivity contribution is 7.12. The van der Waals surface area contributed by atoms with Crippen molar-refractivity contribution in [2.45, 2.75) is 13.8 Å². The molecule has 4 nitrogen and oxygen atoms in total. The number of rotatable bonds is 6. The summed E-state index contributed by atoms with van der Waals surface area (Å²) < 4.78 is 10.8. The summed E-state index contributed by atoms with van der Waals surface area (Å²) in [6, 6.07) is 116. The smallest absolute Gasteiger partial charge is 0.341 e. The highest BCUT2D eigenvalue weighted by Crippen LogP contribution is 2.53. The lowest BCUT2D eigenvalue weighted by atomic mass is 10.0. The molecule has 0 unspecified atom stereocenters. The Bertz CT molecular complexity index is 3900. The fourth-order valence-electron chi connectivity index (χ4n) is 13.0. The molecule has 0 atom stereocenters. The van der Waals surface area contributed by atoms with E-state index >= 15 is 0 Å². The summed E-state index contributed by atoms with van der Waals surface area (Å²) in [6.07, 6.45) is 0. The van der Waals surface area contributed by atoms with E-state index in [4.69, 9.17) is 0 Å². The van der Waals surface area contributed by atoms with Gasteiger partial charge in [-0.25, -0.2) is 0 Å². The van der Waals surface area contributed by atoms with Crippen LogP contribution in [0.1, 0.15) is 11.1 Å². The molecule has 0 radical (unpaired) electrons. The molecule has 0 amide bonds. The lowest BCUT2D eigenvalue weighted by molar-refractivity contribution is 1.27. The number of fused-ring (bicyclic) bond motifs is 11. The number of aryl methyl sites for hydroxylation is 2. The van der Waals surface area contributed by atoms with Gasteiger partial charge in [0.2, 0.25) is 0 Å². The second-order valence-corrected chi connectivity index (χ2v) is 27.6.